The lowest BCUT2D eigenvalue weighted by atomic mass is 9.93. The Labute approximate surface area is 124 Å². The van der Waals surface area contributed by atoms with Gasteiger partial charge in [-0.1, -0.05) is 12.1 Å². The molecule has 2 heterocycles. The van der Waals surface area contributed by atoms with Crippen LogP contribution in [-0.4, -0.2) is 23.3 Å². The molecule has 0 saturated carbocycles. The Kier molecular flexibility index (Phi) is 3.66. The molecule has 1 aliphatic heterocycles. The maximum Gasteiger partial charge on any atom is 0.237 e. The molecular weight excluding hydrogens is 293 g/mol. The number of hydrogen-bond acceptors (Lipinski definition) is 4. The predicted molar refractivity (Wildman–Crippen MR) is 76.4 cm³/mol. The number of nitrogens with one attached hydrogen (secondary N) is 2. The molecule has 7 heteroatoms. The van der Waals surface area contributed by atoms with E-state index in [1.807, 2.05) is 0 Å². The monoisotopic (exact) mass is 305 g/mol. The highest BCUT2D eigenvalue weighted by Gasteiger charge is 2.41. The zero-order chi connectivity index (χ0) is 14.8. The summed E-state index contributed by atoms with van der Waals surface area (Å²) < 4.78 is 13.6. The van der Waals surface area contributed by atoms with Crippen LogP contribution in [0.4, 0.5) is 10.1 Å². The van der Waals surface area contributed by atoms with Gasteiger partial charge in [0.2, 0.25) is 11.8 Å². The molecule has 21 heavy (non-hydrogen) atoms. The van der Waals surface area contributed by atoms with Crippen molar-refractivity contribution >= 4 is 28.8 Å². The summed E-state index contributed by atoms with van der Waals surface area (Å²) in [7, 11) is 0. The zero-order valence-corrected chi connectivity index (χ0v) is 11.7. The third kappa shape index (κ3) is 2.64. The van der Waals surface area contributed by atoms with Crippen molar-refractivity contribution in [3.05, 3.63) is 46.7 Å². The van der Waals surface area contributed by atoms with Gasteiger partial charge in [-0.25, -0.2) is 4.39 Å². The third-order valence-electron chi connectivity index (χ3n) is 3.41. The van der Waals surface area contributed by atoms with Gasteiger partial charge >= 0.3 is 0 Å². The highest BCUT2D eigenvalue weighted by molar-refractivity contribution is 7.09. The van der Waals surface area contributed by atoms with E-state index in [1.165, 1.54) is 29.5 Å². The van der Waals surface area contributed by atoms with Crippen molar-refractivity contribution in [3.63, 3.8) is 0 Å². The Morgan fingerprint density at radius 3 is 2.95 bits per heavy atom. The first-order valence-electron chi connectivity index (χ1n) is 6.38. The average molecular weight is 305 g/mol. The van der Waals surface area contributed by atoms with Crippen LogP contribution in [0.1, 0.15) is 10.8 Å². The van der Waals surface area contributed by atoms with Crippen LogP contribution in [0.25, 0.3) is 0 Å². The predicted octanol–water partition coefficient (Wildman–Crippen LogP) is 1.75. The normalized spacial score (nSPS) is 21.1. The maximum atomic E-state index is 13.6. The van der Waals surface area contributed by atoms with E-state index in [0.717, 1.165) is 4.88 Å². The number of rotatable bonds is 3. The number of carbonyl (C=O) groups is 2. The van der Waals surface area contributed by atoms with Crippen LogP contribution in [0.2, 0.25) is 0 Å². The van der Waals surface area contributed by atoms with E-state index in [1.54, 1.807) is 17.8 Å². The number of anilines is 1. The molecule has 1 fully saturated rings. The topological polar surface area (TPSA) is 71.1 Å². The summed E-state index contributed by atoms with van der Waals surface area (Å²) in [6, 6.07) is 5.87. The first-order chi connectivity index (χ1) is 10.2. The van der Waals surface area contributed by atoms with Gasteiger partial charge in [0, 0.05) is 23.5 Å². The molecule has 0 unspecified atom stereocenters. The standard InChI is InChI=1S/C14H12FN3O2S/c15-9-3-1-2-4-10(9)18-14(20)12-8(5-17-13(12)19)11-6-16-7-21-11/h1-4,6-8,12H,5H2,(H,17,19)(H,18,20)/t8-,12-/m1/s1. The summed E-state index contributed by atoms with van der Waals surface area (Å²) in [5.41, 5.74) is 1.73. The van der Waals surface area contributed by atoms with E-state index in [4.69, 9.17) is 0 Å². The molecule has 1 aromatic heterocycles. The molecule has 2 atom stereocenters. The number of amides is 2. The number of halogens is 1. The molecule has 1 aliphatic rings. The van der Waals surface area contributed by atoms with Crippen LogP contribution < -0.4 is 10.6 Å². The molecule has 2 amide bonds. The summed E-state index contributed by atoms with van der Waals surface area (Å²) in [6.07, 6.45) is 1.65. The van der Waals surface area contributed by atoms with Crippen LogP contribution in [0.15, 0.2) is 36.0 Å². The van der Waals surface area contributed by atoms with Crippen LogP contribution in [0.3, 0.4) is 0 Å². The lowest BCUT2D eigenvalue weighted by Gasteiger charge is -2.15. The molecule has 108 valence electrons. The SMILES string of the molecule is O=C1NC[C@H](c2cncs2)[C@H]1C(=O)Nc1ccccc1F. The van der Waals surface area contributed by atoms with E-state index in [-0.39, 0.29) is 17.5 Å². The van der Waals surface area contributed by atoms with Crippen LogP contribution in [0.5, 0.6) is 0 Å². The highest BCUT2D eigenvalue weighted by atomic mass is 32.1. The molecule has 0 radical (unpaired) electrons. The fourth-order valence-corrected chi connectivity index (χ4v) is 3.13. The van der Waals surface area contributed by atoms with E-state index < -0.39 is 17.6 Å². The lowest BCUT2D eigenvalue weighted by Crippen LogP contribution is -2.32. The van der Waals surface area contributed by atoms with Gasteiger partial charge < -0.3 is 10.6 Å². The van der Waals surface area contributed by atoms with Crippen molar-refractivity contribution < 1.29 is 14.0 Å². The maximum absolute atomic E-state index is 13.6. The van der Waals surface area contributed by atoms with Gasteiger partial charge in [-0.15, -0.1) is 11.3 Å². The molecule has 2 N–H and O–H groups in total. The Balaban J connectivity index is 1.82. The van der Waals surface area contributed by atoms with Gasteiger partial charge in [-0.3, -0.25) is 14.6 Å². The van der Waals surface area contributed by atoms with E-state index in [2.05, 4.69) is 15.6 Å². The number of hydrogen-bond donors (Lipinski definition) is 2. The summed E-state index contributed by atoms with van der Waals surface area (Å²) >= 11 is 1.40. The number of nitrogens with zero attached hydrogens (tertiary/aromatic N) is 1. The molecular formula is C14H12FN3O2S. The van der Waals surface area contributed by atoms with Crippen molar-refractivity contribution in [1.29, 1.82) is 0 Å². The third-order valence-corrected chi connectivity index (χ3v) is 4.32. The molecule has 1 aromatic carbocycles. The molecule has 0 aliphatic carbocycles. The number of aromatic nitrogens is 1. The number of thiazole rings is 1. The molecule has 0 bridgehead atoms. The van der Waals surface area contributed by atoms with Crippen molar-refractivity contribution in [3.8, 4) is 0 Å². The number of para-hydroxylation sites is 1. The molecule has 0 spiro atoms. The first-order valence-corrected chi connectivity index (χ1v) is 7.26. The first kappa shape index (κ1) is 13.7. The van der Waals surface area contributed by atoms with E-state index in [9.17, 15) is 14.0 Å². The minimum atomic E-state index is -0.870. The van der Waals surface area contributed by atoms with E-state index in [0.29, 0.717) is 6.54 Å². The van der Waals surface area contributed by atoms with E-state index >= 15 is 0 Å². The molecule has 2 aromatic rings. The van der Waals surface area contributed by atoms with Gasteiger partial charge in [0.05, 0.1) is 11.2 Å². The highest BCUT2D eigenvalue weighted by Crippen LogP contribution is 2.32. The van der Waals surface area contributed by atoms with Crippen molar-refractivity contribution in [2.75, 3.05) is 11.9 Å². The Morgan fingerprint density at radius 2 is 2.24 bits per heavy atom. The van der Waals surface area contributed by atoms with Gasteiger partial charge in [0.1, 0.15) is 11.7 Å². The second kappa shape index (κ2) is 5.61. The Bertz CT molecular complexity index is 675. The minimum Gasteiger partial charge on any atom is -0.355 e. The summed E-state index contributed by atoms with van der Waals surface area (Å²) in [6.45, 7) is 0.385. The lowest BCUT2D eigenvalue weighted by molar-refractivity contribution is -0.130. The zero-order valence-electron chi connectivity index (χ0n) is 10.9. The molecule has 5 nitrogen and oxygen atoms in total. The van der Waals surface area contributed by atoms with Crippen molar-refractivity contribution in [2.45, 2.75) is 5.92 Å². The second-order valence-electron chi connectivity index (χ2n) is 4.70. The second-order valence-corrected chi connectivity index (χ2v) is 5.62. The summed E-state index contributed by atoms with van der Waals surface area (Å²) in [5.74, 6) is -2.52. The van der Waals surface area contributed by atoms with Crippen LogP contribution >= 0.6 is 11.3 Å². The fourth-order valence-electron chi connectivity index (χ4n) is 2.37. The molecule has 1 saturated heterocycles. The van der Waals surface area contributed by atoms with Crippen LogP contribution in [-0.2, 0) is 9.59 Å². The van der Waals surface area contributed by atoms with Gasteiger partial charge in [0.25, 0.3) is 0 Å². The summed E-state index contributed by atoms with van der Waals surface area (Å²) in [5, 5.41) is 5.16. The summed E-state index contributed by atoms with van der Waals surface area (Å²) in [4.78, 5) is 29.1. The quantitative estimate of drug-likeness (QED) is 0.849. The number of benzene rings is 1. The van der Waals surface area contributed by atoms with Gasteiger partial charge in [-0.05, 0) is 12.1 Å². The fraction of sp³-hybridized carbons (Fsp3) is 0.214. The largest absolute Gasteiger partial charge is 0.355 e. The van der Waals surface area contributed by atoms with Crippen molar-refractivity contribution in [2.24, 2.45) is 5.92 Å². The Morgan fingerprint density at radius 1 is 1.43 bits per heavy atom. The molecule has 3 rings (SSSR count). The number of carbonyl (C=O) groups excluding carboxylic acids is 2. The van der Waals surface area contributed by atoms with Gasteiger partial charge in [-0.2, -0.15) is 0 Å². The smallest absolute Gasteiger partial charge is 0.237 e. The van der Waals surface area contributed by atoms with Gasteiger partial charge in [0.15, 0.2) is 0 Å². The van der Waals surface area contributed by atoms with Crippen LogP contribution in [0, 0.1) is 11.7 Å². The Hall–Kier alpha value is -2.28. The van der Waals surface area contributed by atoms with Crippen molar-refractivity contribution in [1.82, 2.24) is 10.3 Å². The minimum absolute atomic E-state index is 0.0743. The average Bonchev–Trinajstić information content (AvgIpc) is 3.10.